The molecule has 44 heavy (non-hydrogen) atoms. The van der Waals surface area contributed by atoms with Crippen molar-refractivity contribution in [2.24, 2.45) is 17.3 Å². The van der Waals surface area contributed by atoms with Crippen molar-refractivity contribution in [1.29, 1.82) is 0 Å². The molecule has 4 aliphatic rings. The van der Waals surface area contributed by atoms with Crippen molar-refractivity contribution >= 4 is 15.5 Å². The van der Waals surface area contributed by atoms with Crippen LogP contribution in [0.15, 0.2) is 82.8 Å². The second-order valence-electron chi connectivity index (χ2n) is 14.4. The first-order valence-electron chi connectivity index (χ1n) is 16.8. The van der Waals surface area contributed by atoms with Crippen molar-refractivity contribution in [2.45, 2.75) is 74.1 Å². The highest BCUT2D eigenvalue weighted by Gasteiger charge is 2.51. The Morgan fingerprint density at radius 2 is 1.43 bits per heavy atom. The molecular formula is C37H48N4O2S. The van der Waals surface area contributed by atoms with E-state index in [1.165, 1.54) is 70.6 Å². The molecule has 3 aliphatic heterocycles. The standard InChI is InChI=1S/C37H48N4O2S/c1-3-39-24-29-8-4-7-11-35(29)37(28-39,30-9-5-6-10-30)31-18-22-40(23-19-31)25-36(2)26-41(27-36)32-12-14-33(15-13-32)44(42,43)34-16-20-38-21-17-34/h4,7-8,11-17,20-21,30-31H,3,5-6,9-10,18-19,22-28H2,1-2H3. The van der Waals surface area contributed by atoms with E-state index in [1.807, 2.05) is 12.1 Å². The molecule has 0 radical (unpaired) electrons. The Kier molecular flexibility index (Phi) is 8.09. The van der Waals surface area contributed by atoms with Crippen LogP contribution in [0.1, 0.15) is 63.5 Å². The molecule has 3 fully saturated rings. The smallest absolute Gasteiger partial charge is 0.206 e. The van der Waals surface area contributed by atoms with E-state index in [4.69, 9.17) is 0 Å². The fourth-order valence-electron chi connectivity index (χ4n) is 9.35. The third-order valence-electron chi connectivity index (χ3n) is 11.5. The van der Waals surface area contributed by atoms with Gasteiger partial charge in [0.25, 0.3) is 0 Å². The Hall–Kier alpha value is -2.74. The molecule has 1 aromatic heterocycles. The van der Waals surface area contributed by atoms with Gasteiger partial charge >= 0.3 is 0 Å². The van der Waals surface area contributed by atoms with Crippen LogP contribution in [-0.2, 0) is 21.8 Å². The highest BCUT2D eigenvalue weighted by Crippen LogP contribution is 2.53. The Morgan fingerprint density at radius 3 is 2.11 bits per heavy atom. The van der Waals surface area contributed by atoms with Gasteiger partial charge in [-0.15, -0.1) is 0 Å². The maximum absolute atomic E-state index is 13.0. The van der Waals surface area contributed by atoms with Gasteiger partial charge in [0, 0.05) is 61.6 Å². The van der Waals surface area contributed by atoms with Gasteiger partial charge in [-0.05, 0) is 105 Å². The van der Waals surface area contributed by atoms with Crippen LogP contribution >= 0.6 is 0 Å². The predicted molar refractivity (Wildman–Crippen MR) is 177 cm³/mol. The molecule has 3 aromatic rings. The molecule has 0 amide bonds. The van der Waals surface area contributed by atoms with Crippen LogP contribution in [0, 0.1) is 17.3 Å². The molecule has 4 heterocycles. The predicted octanol–water partition coefficient (Wildman–Crippen LogP) is 6.42. The van der Waals surface area contributed by atoms with Crippen LogP contribution in [0.25, 0.3) is 0 Å². The highest BCUT2D eigenvalue weighted by atomic mass is 32.2. The minimum Gasteiger partial charge on any atom is -0.370 e. The summed E-state index contributed by atoms with van der Waals surface area (Å²) in [4.78, 5) is 12.4. The molecule has 1 saturated carbocycles. The second-order valence-corrected chi connectivity index (χ2v) is 16.3. The average molecular weight is 613 g/mol. The number of anilines is 1. The lowest BCUT2D eigenvalue weighted by molar-refractivity contribution is 0.0268. The van der Waals surface area contributed by atoms with E-state index in [-0.39, 0.29) is 10.3 Å². The first-order valence-corrected chi connectivity index (χ1v) is 18.3. The fraction of sp³-hybridized carbons (Fsp3) is 0.541. The summed E-state index contributed by atoms with van der Waals surface area (Å²) in [6, 6.07) is 20.0. The van der Waals surface area contributed by atoms with E-state index < -0.39 is 9.84 Å². The highest BCUT2D eigenvalue weighted by molar-refractivity contribution is 7.91. The minimum atomic E-state index is -3.52. The van der Waals surface area contributed by atoms with E-state index >= 15 is 0 Å². The maximum Gasteiger partial charge on any atom is 0.206 e. The molecular weight excluding hydrogens is 565 g/mol. The van der Waals surface area contributed by atoms with E-state index in [1.54, 1.807) is 35.4 Å². The number of pyridine rings is 1. The number of benzene rings is 2. The summed E-state index contributed by atoms with van der Waals surface area (Å²) in [6.45, 7) is 13.8. The van der Waals surface area contributed by atoms with Crippen LogP contribution in [0.4, 0.5) is 5.69 Å². The van der Waals surface area contributed by atoms with Crippen LogP contribution in [0.2, 0.25) is 0 Å². The zero-order chi connectivity index (χ0) is 30.4. The number of rotatable bonds is 8. The largest absolute Gasteiger partial charge is 0.370 e. The normalized spacial score (nSPS) is 25.1. The Morgan fingerprint density at radius 1 is 0.795 bits per heavy atom. The van der Waals surface area contributed by atoms with Crippen molar-refractivity contribution in [1.82, 2.24) is 14.8 Å². The molecule has 7 rings (SSSR count). The lowest BCUT2D eigenvalue weighted by Gasteiger charge is -2.55. The lowest BCUT2D eigenvalue weighted by atomic mass is 9.57. The number of fused-ring (bicyclic) bond motifs is 1. The maximum atomic E-state index is 13.0. The van der Waals surface area contributed by atoms with Gasteiger partial charge in [0.2, 0.25) is 9.84 Å². The van der Waals surface area contributed by atoms with Crippen molar-refractivity contribution in [3.05, 3.63) is 84.2 Å². The summed E-state index contributed by atoms with van der Waals surface area (Å²) >= 11 is 0. The molecule has 7 heteroatoms. The third-order valence-corrected chi connectivity index (χ3v) is 13.3. The topological polar surface area (TPSA) is 56.8 Å². The quantitative estimate of drug-likeness (QED) is 0.293. The summed E-state index contributed by atoms with van der Waals surface area (Å²) in [5.41, 5.74) is 4.94. The molecule has 2 saturated heterocycles. The summed E-state index contributed by atoms with van der Waals surface area (Å²) in [7, 11) is -3.52. The second kappa shape index (κ2) is 11.9. The number of hydrogen-bond donors (Lipinski definition) is 0. The van der Waals surface area contributed by atoms with Gasteiger partial charge in [0.05, 0.1) is 9.79 Å². The number of likely N-dealkylation sites (tertiary alicyclic amines) is 1. The Balaban J connectivity index is 0.993. The minimum absolute atomic E-state index is 0.258. The van der Waals surface area contributed by atoms with Gasteiger partial charge in [-0.3, -0.25) is 9.88 Å². The van der Waals surface area contributed by atoms with Crippen LogP contribution in [0.5, 0.6) is 0 Å². The first kappa shape index (κ1) is 29.9. The molecule has 6 nitrogen and oxygen atoms in total. The number of sulfone groups is 1. The van der Waals surface area contributed by atoms with E-state index in [2.05, 4.69) is 57.8 Å². The fourth-order valence-corrected chi connectivity index (χ4v) is 10.6. The Bertz CT molecular complexity index is 1540. The average Bonchev–Trinajstić information content (AvgIpc) is 3.60. The zero-order valence-corrected chi connectivity index (χ0v) is 27.3. The van der Waals surface area contributed by atoms with Gasteiger partial charge in [0.1, 0.15) is 0 Å². The van der Waals surface area contributed by atoms with Gasteiger partial charge in [-0.25, -0.2) is 8.42 Å². The molecule has 2 aromatic carbocycles. The molecule has 234 valence electrons. The van der Waals surface area contributed by atoms with E-state index in [0.717, 1.165) is 50.2 Å². The SMILES string of the molecule is CCN1Cc2ccccc2C(C2CCCC2)(C2CCN(CC3(C)CN(c4ccc(S(=O)(=O)c5ccncc5)cc4)C3)CC2)C1. The number of hydrogen-bond acceptors (Lipinski definition) is 6. The van der Waals surface area contributed by atoms with Crippen molar-refractivity contribution in [2.75, 3.05) is 50.7 Å². The van der Waals surface area contributed by atoms with Gasteiger partial charge in [0.15, 0.2) is 0 Å². The molecule has 1 aliphatic carbocycles. The number of likely N-dealkylation sites (N-methyl/N-ethyl adjacent to an activating group) is 1. The Labute approximate surface area is 264 Å². The van der Waals surface area contributed by atoms with Gasteiger partial charge in [-0.1, -0.05) is 51.0 Å². The van der Waals surface area contributed by atoms with E-state index in [9.17, 15) is 8.42 Å². The molecule has 1 atom stereocenters. The molecule has 0 spiro atoms. The van der Waals surface area contributed by atoms with Crippen LogP contribution in [0.3, 0.4) is 0 Å². The van der Waals surface area contributed by atoms with E-state index in [0.29, 0.717) is 10.3 Å². The molecule has 1 unspecified atom stereocenters. The summed E-state index contributed by atoms with van der Waals surface area (Å²) < 4.78 is 26.0. The van der Waals surface area contributed by atoms with Crippen molar-refractivity contribution in [3.63, 3.8) is 0 Å². The number of piperidine rings is 1. The molecule has 0 N–H and O–H groups in total. The van der Waals surface area contributed by atoms with Crippen LogP contribution < -0.4 is 4.90 Å². The lowest BCUT2D eigenvalue weighted by Crippen LogP contribution is -2.61. The van der Waals surface area contributed by atoms with Crippen molar-refractivity contribution in [3.8, 4) is 0 Å². The summed E-state index contributed by atoms with van der Waals surface area (Å²) in [5.74, 6) is 1.57. The summed E-state index contributed by atoms with van der Waals surface area (Å²) in [6.07, 6.45) is 11.2. The van der Waals surface area contributed by atoms with Crippen LogP contribution in [-0.4, -0.2) is 69.0 Å². The van der Waals surface area contributed by atoms with Crippen molar-refractivity contribution < 1.29 is 8.42 Å². The zero-order valence-electron chi connectivity index (χ0n) is 26.5. The molecule has 0 bridgehead atoms. The van der Waals surface area contributed by atoms with Gasteiger partial charge in [-0.2, -0.15) is 0 Å². The number of nitrogens with zero attached hydrogens (tertiary/aromatic N) is 4. The monoisotopic (exact) mass is 612 g/mol. The summed E-state index contributed by atoms with van der Waals surface area (Å²) in [5, 5.41) is 0. The van der Waals surface area contributed by atoms with Gasteiger partial charge < -0.3 is 9.80 Å². The first-order chi connectivity index (χ1) is 21.3. The number of aromatic nitrogens is 1. The third kappa shape index (κ3) is 5.39.